The summed E-state index contributed by atoms with van der Waals surface area (Å²) >= 11 is 0. The van der Waals surface area contributed by atoms with Crippen LogP contribution in [-0.4, -0.2) is 27.7 Å². The average Bonchev–Trinajstić information content (AvgIpc) is 2.39. The molecule has 1 aromatic rings. The Labute approximate surface area is 114 Å². The van der Waals surface area contributed by atoms with E-state index >= 15 is 0 Å². The minimum Gasteiger partial charge on any atom is -0.323 e. The fraction of sp³-hybridized carbons (Fsp3) is 0.583. The number of urea groups is 1. The second-order valence-electron chi connectivity index (χ2n) is 4.81. The maximum absolute atomic E-state index is 13.2. The van der Waals surface area contributed by atoms with Crippen LogP contribution >= 0.6 is 0 Å². The van der Waals surface area contributed by atoms with E-state index in [-0.39, 0.29) is 18.7 Å². The molecule has 0 radical (unpaired) electrons. The summed E-state index contributed by atoms with van der Waals surface area (Å²) in [4.78, 5) is 19.1. The molecule has 0 aromatic carbocycles. The summed E-state index contributed by atoms with van der Waals surface area (Å²) < 4.78 is 39.7. The Bertz CT molecular complexity index is 458. The number of nitrogens with one attached hydrogen (secondary N) is 2. The average molecular weight is 288 g/mol. The molecule has 1 fully saturated rings. The summed E-state index contributed by atoms with van der Waals surface area (Å²) in [6.45, 7) is 0. The van der Waals surface area contributed by atoms with E-state index in [2.05, 4.69) is 20.6 Å². The Kier molecular flexibility index (Phi) is 4.10. The van der Waals surface area contributed by atoms with Crippen molar-refractivity contribution < 1.29 is 18.0 Å². The van der Waals surface area contributed by atoms with Crippen LogP contribution < -0.4 is 10.6 Å². The first-order chi connectivity index (χ1) is 9.43. The van der Waals surface area contributed by atoms with Gasteiger partial charge in [-0.15, -0.1) is 0 Å². The third-order valence-electron chi connectivity index (χ3n) is 3.43. The Morgan fingerprint density at radius 2 is 1.95 bits per heavy atom. The molecule has 1 aliphatic carbocycles. The van der Waals surface area contributed by atoms with Crippen LogP contribution in [0.3, 0.4) is 0 Å². The van der Waals surface area contributed by atoms with Crippen LogP contribution in [0.4, 0.5) is 23.8 Å². The molecular formula is C12H15F3N4O. The summed E-state index contributed by atoms with van der Waals surface area (Å²) in [5, 5.41) is 4.37. The summed E-state index contributed by atoms with van der Waals surface area (Å²) in [6, 6.07) is 0.503. The number of hydrogen-bond donors (Lipinski definition) is 2. The lowest BCUT2D eigenvalue weighted by Crippen LogP contribution is -2.60. The largest absolute Gasteiger partial charge is 0.411 e. The summed E-state index contributed by atoms with van der Waals surface area (Å²) in [7, 11) is 0. The number of nitrogens with zero attached hydrogens (tertiary/aromatic N) is 2. The van der Waals surface area contributed by atoms with Gasteiger partial charge in [0.2, 0.25) is 0 Å². The lowest BCUT2D eigenvalue weighted by atomic mass is 9.81. The number of carbonyl (C=O) groups is 1. The minimum absolute atomic E-state index is 0.0896. The lowest BCUT2D eigenvalue weighted by molar-refractivity contribution is -0.201. The van der Waals surface area contributed by atoms with E-state index in [1.165, 1.54) is 18.6 Å². The van der Waals surface area contributed by atoms with Crippen LogP contribution in [0.2, 0.25) is 0 Å². The molecule has 1 aromatic heterocycles. The summed E-state index contributed by atoms with van der Waals surface area (Å²) in [6.07, 6.45) is -0.385. The van der Waals surface area contributed by atoms with Crippen molar-refractivity contribution in [1.82, 2.24) is 15.3 Å². The van der Waals surface area contributed by atoms with Gasteiger partial charge in [0.15, 0.2) is 0 Å². The number of alkyl halides is 3. The van der Waals surface area contributed by atoms with Crippen LogP contribution in [0.1, 0.15) is 32.1 Å². The molecule has 0 bridgehead atoms. The van der Waals surface area contributed by atoms with Gasteiger partial charge in [-0.2, -0.15) is 13.2 Å². The van der Waals surface area contributed by atoms with Crippen LogP contribution in [-0.2, 0) is 0 Å². The van der Waals surface area contributed by atoms with Crippen molar-refractivity contribution in [3.8, 4) is 0 Å². The van der Waals surface area contributed by atoms with E-state index in [0.29, 0.717) is 12.8 Å². The zero-order valence-corrected chi connectivity index (χ0v) is 10.7. The van der Waals surface area contributed by atoms with Gasteiger partial charge in [-0.1, -0.05) is 19.3 Å². The van der Waals surface area contributed by atoms with Gasteiger partial charge in [0.1, 0.15) is 17.7 Å². The van der Waals surface area contributed by atoms with Gasteiger partial charge in [0, 0.05) is 6.20 Å². The first-order valence-electron chi connectivity index (χ1n) is 6.35. The number of rotatable bonds is 2. The Morgan fingerprint density at radius 1 is 1.25 bits per heavy atom. The molecule has 2 N–H and O–H groups in total. The molecule has 0 saturated heterocycles. The Balaban J connectivity index is 2.06. The van der Waals surface area contributed by atoms with Gasteiger partial charge in [0.25, 0.3) is 0 Å². The predicted octanol–water partition coefficient (Wildman–Crippen LogP) is 2.86. The monoisotopic (exact) mass is 288 g/mol. The second-order valence-corrected chi connectivity index (χ2v) is 4.81. The quantitative estimate of drug-likeness (QED) is 0.879. The fourth-order valence-corrected chi connectivity index (χ4v) is 2.36. The van der Waals surface area contributed by atoms with Crippen molar-refractivity contribution in [2.45, 2.75) is 43.8 Å². The van der Waals surface area contributed by atoms with Gasteiger partial charge in [0.05, 0.1) is 0 Å². The third-order valence-corrected chi connectivity index (χ3v) is 3.43. The molecule has 1 heterocycles. The molecule has 0 spiro atoms. The number of hydrogen-bond acceptors (Lipinski definition) is 3. The molecule has 0 atom stereocenters. The standard InChI is InChI=1S/C12H15F3N4O/c13-12(14,15)11(5-2-1-3-6-11)19-10(20)18-9-4-7-16-8-17-9/h4,7-8H,1-3,5-6H2,(H2,16,17,18,19,20). The lowest BCUT2D eigenvalue weighted by Gasteiger charge is -2.39. The van der Waals surface area contributed by atoms with E-state index in [0.717, 1.165) is 6.42 Å². The van der Waals surface area contributed by atoms with E-state index in [1.807, 2.05) is 0 Å². The van der Waals surface area contributed by atoms with Crippen molar-refractivity contribution in [3.05, 3.63) is 18.6 Å². The Hall–Kier alpha value is -1.86. The van der Waals surface area contributed by atoms with Gasteiger partial charge in [-0.25, -0.2) is 14.8 Å². The Morgan fingerprint density at radius 3 is 2.50 bits per heavy atom. The minimum atomic E-state index is -4.46. The van der Waals surface area contributed by atoms with Gasteiger partial charge in [-0.05, 0) is 18.9 Å². The highest BCUT2D eigenvalue weighted by atomic mass is 19.4. The highest BCUT2D eigenvalue weighted by molar-refractivity contribution is 5.88. The molecule has 110 valence electrons. The molecule has 1 aliphatic rings. The summed E-state index contributed by atoms with van der Waals surface area (Å²) in [5.74, 6) is 0.158. The molecular weight excluding hydrogens is 273 g/mol. The number of anilines is 1. The van der Waals surface area contributed by atoms with E-state index in [4.69, 9.17) is 0 Å². The van der Waals surface area contributed by atoms with Crippen molar-refractivity contribution in [2.75, 3.05) is 5.32 Å². The first-order valence-corrected chi connectivity index (χ1v) is 6.35. The van der Waals surface area contributed by atoms with Gasteiger partial charge < -0.3 is 5.32 Å². The maximum Gasteiger partial charge on any atom is 0.411 e. The number of amides is 2. The van der Waals surface area contributed by atoms with Crippen LogP contribution in [0.25, 0.3) is 0 Å². The van der Waals surface area contributed by atoms with Crippen LogP contribution in [0.5, 0.6) is 0 Å². The number of aromatic nitrogens is 2. The fourth-order valence-electron chi connectivity index (χ4n) is 2.36. The topological polar surface area (TPSA) is 66.9 Å². The van der Waals surface area contributed by atoms with E-state index in [9.17, 15) is 18.0 Å². The molecule has 20 heavy (non-hydrogen) atoms. The number of halogens is 3. The smallest absolute Gasteiger partial charge is 0.323 e. The van der Waals surface area contributed by atoms with Crippen molar-refractivity contribution in [2.24, 2.45) is 0 Å². The third kappa shape index (κ3) is 3.17. The van der Waals surface area contributed by atoms with Crippen LogP contribution in [0.15, 0.2) is 18.6 Å². The van der Waals surface area contributed by atoms with E-state index < -0.39 is 17.7 Å². The molecule has 2 rings (SSSR count). The zero-order valence-electron chi connectivity index (χ0n) is 10.7. The normalized spacial score (nSPS) is 18.4. The first kappa shape index (κ1) is 14.5. The second kappa shape index (κ2) is 5.64. The molecule has 2 amide bonds. The van der Waals surface area contributed by atoms with E-state index in [1.54, 1.807) is 0 Å². The molecule has 0 unspecified atom stereocenters. The van der Waals surface area contributed by atoms with Crippen molar-refractivity contribution >= 4 is 11.8 Å². The SMILES string of the molecule is O=C(Nc1ccncn1)NC1(C(F)(F)F)CCCCC1. The maximum atomic E-state index is 13.2. The van der Waals surface area contributed by atoms with Gasteiger partial charge >= 0.3 is 12.2 Å². The van der Waals surface area contributed by atoms with Gasteiger partial charge in [-0.3, -0.25) is 5.32 Å². The van der Waals surface area contributed by atoms with Crippen molar-refractivity contribution in [1.29, 1.82) is 0 Å². The predicted molar refractivity (Wildman–Crippen MR) is 66.1 cm³/mol. The summed E-state index contributed by atoms with van der Waals surface area (Å²) in [5.41, 5.74) is -2.14. The van der Waals surface area contributed by atoms with Crippen molar-refractivity contribution in [3.63, 3.8) is 0 Å². The zero-order chi connectivity index (χ0) is 14.6. The highest BCUT2D eigenvalue weighted by Crippen LogP contribution is 2.41. The molecule has 5 nitrogen and oxygen atoms in total. The highest BCUT2D eigenvalue weighted by Gasteiger charge is 2.55. The molecule has 0 aliphatic heterocycles. The van der Waals surface area contributed by atoms with Crippen LogP contribution in [0, 0.1) is 0 Å². The number of carbonyl (C=O) groups excluding carboxylic acids is 1. The molecule has 8 heteroatoms. The molecule has 1 saturated carbocycles.